The summed E-state index contributed by atoms with van der Waals surface area (Å²) < 4.78 is 0.748. The minimum atomic E-state index is 0.464. The summed E-state index contributed by atoms with van der Waals surface area (Å²) in [5.74, 6) is 0.757. The molecule has 0 N–H and O–H groups in total. The van der Waals surface area contributed by atoms with E-state index in [1.165, 1.54) is 0 Å². The number of aromatic nitrogens is 2. The van der Waals surface area contributed by atoms with Crippen LogP contribution in [0.3, 0.4) is 0 Å². The highest BCUT2D eigenvalue weighted by atomic mass is 79.9. The largest absolute Gasteiger partial charge is 0.232 e. The molecule has 0 saturated carbocycles. The average molecular weight is 298 g/mol. The van der Waals surface area contributed by atoms with E-state index in [4.69, 9.17) is 11.6 Å². The molecule has 2 rings (SSSR count). The first-order valence-electron chi connectivity index (χ1n) is 4.99. The van der Waals surface area contributed by atoms with Gasteiger partial charge in [-0.05, 0) is 15.9 Å². The van der Waals surface area contributed by atoms with Gasteiger partial charge < -0.3 is 0 Å². The van der Waals surface area contributed by atoms with Gasteiger partial charge in [0.05, 0.1) is 10.2 Å². The van der Waals surface area contributed by atoms with Crippen LogP contribution in [0.15, 0.2) is 34.8 Å². The van der Waals surface area contributed by atoms with Crippen molar-refractivity contribution < 1.29 is 0 Å². The van der Waals surface area contributed by atoms with Crippen LogP contribution in [0.25, 0.3) is 11.3 Å². The SMILES string of the molecule is CCc1nc(Cl)c(Br)c(-c2ccccc2)n1. The molecule has 4 heteroatoms. The fourth-order valence-electron chi connectivity index (χ4n) is 1.41. The zero-order valence-corrected chi connectivity index (χ0v) is 11.1. The maximum absolute atomic E-state index is 6.05. The van der Waals surface area contributed by atoms with Crippen LogP contribution in [-0.4, -0.2) is 9.97 Å². The Morgan fingerprint density at radius 3 is 2.50 bits per heavy atom. The number of hydrogen-bond donors (Lipinski definition) is 0. The molecule has 0 amide bonds. The molecule has 2 nitrogen and oxygen atoms in total. The third-order valence-electron chi connectivity index (χ3n) is 2.22. The van der Waals surface area contributed by atoms with Crippen LogP contribution in [-0.2, 0) is 6.42 Å². The minimum Gasteiger partial charge on any atom is -0.232 e. The lowest BCUT2D eigenvalue weighted by Gasteiger charge is -2.07. The molecule has 0 aliphatic heterocycles. The summed E-state index contributed by atoms with van der Waals surface area (Å²) in [6.07, 6.45) is 0.771. The molecule has 0 aliphatic rings. The van der Waals surface area contributed by atoms with Crippen molar-refractivity contribution in [3.8, 4) is 11.3 Å². The lowest BCUT2D eigenvalue weighted by atomic mass is 10.1. The Bertz CT molecular complexity index is 500. The fraction of sp³-hybridized carbons (Fsp3) is 0.167. The number of halogens is 2. The standard InChI is InChI=1S/C12H10BrClN2/c1-2-9-15-11(10(13)12(14)16-9)8-6-4-3-5-7-8/h3-7H,2H2,1H3. The number of aryl methyl sites for hydroxylation is 1. The average Bonchev–Trinajstić information content (AvgIpc) is 2.33. The van der Waals surface area contributed by atoms with Gasteiger partial charge in [-0.3, -0.25) is 0 Å². The first-order chi connectivity index (χ1) is 7.72. The molecular weight excluding hydrogens is 288 g/mol. The molecule has 0 aliphatic carbocycles. The molecule has 82 valence electrons. The molecule has 1 heterocycles. The van der Waals surface area contributed by atoms with Gasteiger partial charge in [-0.1, -0.05) is 48.9 Å². The highest BCUT2D eigenvalue weighted by Crippen LogP contribution is 2.31. The predicted octanol–water partition coefficient (Wildman–Crippen LogP) is 4.12. The van der Waals surface area contributed by atoms with E-state index < -0.39 is 0 Å². The van der Waals surface area contributed by atoms with Gasteiger partial charge in [0.25, 0.3) is 0 Å². The summed E-state index contributed by atoms with van der Waals surface area (Å²) in [5.41, 5.74) is 1.88. The Kier molecular flexibility index (Phi) is 3.56. The second kappa shape index (κ2) is 4.93. The van der Waals surface area contributed by atoms with Gasteiger partial charge in [0.1, 0.15) is 11.0 Å². The number of benzene rings is 1. The molecule has 1 aromatic heterocycles. The van der Waals surface area contributed by atoms with E-state index in [0.717, 1.165) is 28.0 Å². The van der Waals surface area contributed by atoms with Crippen LogP contribution in [0.1, 0.15) is 12.7 Å². The Morgan fingerprint density at radius 2 is 1.88 bits per heavy atom. The van der Waals surface area contributed by atoms with E-state index in [1.54, 1.807) is 0 Å². The summed E-state index contributed by atoms with van der Waals surface area (Å²) in [7, 11) is 0. The lowest BCUT2D eigenvalue weighted by molar-refractivity contribution is 0.938. The van der Waals surface area contributed by atoms with Crippen molar-refractivity contribution in [3.63, 3.8) is 0 Å². The smallest absolute Gasteiger partial charge is 0.147 e. The van der Waals surface area contributed by atoms with E-state index >= 15 is 0 Å². The van der Waals surface area contributed by atoms with Crippen molar-refractivity contribution in [3.05, 3.63) is 45.8 Å². The van der Waals surface area contributed by atoms with Crippen molar-refractivity contribution in [2.24, 2.45) is 0 Å². The summed E-state index contributed by atoms with van der Waals surface area (Å²) in [6.45, 7) is 2.01. The lowest BCUT2D eigenvalue weighted by Crippen LogP contribution is -1.97. The van der Waals surface area contributed by atoms with Gasteiger partial charge >= 0.3 is 0 Å². The van der Waals surface area contributed by atoms with E-state index in [9.17, 15) is 0 Å². The third-order valence-corrected chi connectivity index (χ3v) is 3.47. The van der Waals surface area contributed by atoms with E-state index in [1.807, 2.05) is 37.3 Å². The maximum Gasteiger partial charge on any atom is 0.147 e. The predicted molar refractivity (Wildman–Crippen MR) is 69.6 cm³/mol. The van der Waals surface area contributed by atoms with Crippen LogP contribution in [0, 0.1) is 0 Å². The summed E-state index contributed by atoms with van der Waals surface area (Å²) in [4.78, 5) is 8.66. The Morgan fingerprint density at radius 1 is 1.19 bits per heavy atom. The van der Waals surface area contributed by atoms with E-state index in [0.29, 0.717) is 5.15 Å². The number of hydrogen-bond acceptors (Lipinski definition) is 2. The number of nitrogens with zero attached hydrogens (tertiary/aromatic N) is 2. The van der Waals surface area contributed by atoms with Crippen LogP contribution in [0.2, 0.25) is 5.15 Å². The van der Waals surface area contributed by atoms with E-state index in [-0.39, 0.29) is 0 Å². The molecule has 0 atom stereocenters. The Balaban J connectivity index is 2.60. The molecule has 2 aromatic rings. The zero-order chi connectivity index (χ0) is 11.5. The van der Waals surface area contributed by atoms with Crippen LogP contribution < -0.4 is 0 Å². The molecule has 16 heavy (non-hydrogen) atoms. The molecular formula is C12H10BrClN2. The summed E-state index contributed by atoms with van der Waals surface area (Å²) >= 11 is 9.47. The minimum absolute atomic E-state index is 0.464. The van der Waals surface area contributed by atoms with Gasteiger partial charge in [0.2, 0.25) is 0 Å². The van der Waals surface area contributed by atoms with Crippen molar-refractivity contribution in [2.45, 2.75) is 13.3 Å². The zero-order valence-electron chi connectivity index (χ0n) is 8.74. The topological polar surface area (TPSA) is 25.8 Å². The highest BCUT2D eigenvalue weighted by molar-refractivity contribution is 9.10. The third kappa shape index (κ3) is 2.25. The van der Waals surface area contributed by atoms with Crippen LogP contribution in [0.5, 0.6) is 0 Å². The van der Waals surface area contributed by atoms with E-state index in [2.05, 4.69) is 25.9 Å². The Labute approximate surface area is 108 Å². The second-order valence-corrected chi connectivity index (χ2v) is 4.46. The second-order valence-electron chi connectivity index (χ2n) is 3.31. The van der Waals surface area contributed by atoms with Crippen molar-refractivity contribution in [2.75, 3.05) is 0 Å². The first-order valence-corrected chi connectivity index (χ1v) is 6.16. The van der Waals surface area contributed by atoms with Crippen molar-refractivity contribution in [1.29, 1.82) is 0 Å². The molecule has 0 saturated heterocycles. The van der Waals surface area contributed by atoms with Crippen molar-refractivity contribution in [1.82, 2.24) is 9.97 Å². The molecule has 1 aromatic carbocycles. The Hall–Kier alpha value is -0.930. The first kappa shape index (κ1) is 11.6. The van der Waals surface area contributed by atoms with Crippen LogP contribution >= 0.6 is 27.5 Å². The monoisotopic (exact) mass is 296 g/mol. The van der Waals surface area contributed by atoms with Crippen LogP contribution in [0.4, 0.5) is 0 Å². The summed E-state index contributed by atoms with van der Waals surface area (Å²) in [5, 5.41) is 0.464. The quantitative estimate of drug-likeness (QED) is 0.779. The van der Waals surface area contributed by atoms with Gasteiger partial charge in [0.15, 0.2) is 0 Å². The molecule has 0 spiro atoms. The van der Waals surface area contributed by atoms with Gasteiger partial charge in [-0.25, -0.2) is 9.97 Å². The van der Waals surface area contributed by atoms with Gasteiger partial charge in [-0.15, -0.1) is 0 Å². The normalized spacial score (nSPS) is 10.4. The van der Waals surface area contributed by atoms with Crippen molar-refractivity contribution >= 4 is 27.5 Å². The van der Waals surface area contributed by atoms with Gasteiger partial charge in [0, 0.05) is 12.0 Å². The number of rotatable bonds is 2. The maximum atomic E-state index is 6.05. The van der Waals surface area contributed by atoms with Gasteiger partial charge in [-0.2, -0.15) is 0 Å². The molecule has 0 radical (unpaired) electrons. The fourth-order valence-corrected chi connectivity index (χ4v) is 2.00. The molecule has 0 fully saturated rings. The highest BCUT2D eigenvalue weighted by Gasteiger charge is 2.11. The molecule has 0 unspecified atom stereocenters. The summed E-state index contributed by atoms with van der Waals surface area (Å²) in [6, 6.07) is 9.93. The molecule has 0 bridgehead atoms.